The number of unbranched alkanes of at least 4 members (excludes halogenated alkanes) is 5. The van der Waals surface area contributed by atoms with E-state index in [1.54, 1.807) is 0 Å². The van der Waals surface area contributed by atoms with Crippen molar-refractivity contribution in [2.75, 3.05) is 7.11 Å². The second kappa shape index (κ2) is 9.85. The van der Waals surface area contributed by atoms with Crippen molar-refractivity contribution < 1.29 is 18.6 Å². The van der Waals surface area contributed by atoms with Crippen LogP contribution in [-0.2, 0) is 4.74 Å². The molecule has 0 aromatic heterocycles. The number of halogens is 2. The number of rotatable bonds is 10. The molecule has 0 spiro atoms. The van der Waals surface area contributed by atoms with E-state index >= 15 is 0 Å². The fraction of sp³-hybridized carbons (Fsp3) is 0.647. The molecule has 2 unspecified atom stereocenters. The van der Waals surface area contributed by atoms with Crippen LogP contribution in [0.2, 0.25) is 0 Å². The molecule has 2 nitrogen and oxygen atoms in total. The molecular weight excluding hydrogens is 274 g/mol. The number of methoxy groups -OCH3 is 1. The molecule has 0 saturated heterocycles. The van der Waals surface area contributed by atoms with Gasteiger partial charge in [-0.2, -0.15) is 0 Å². The highest BCUT2D eigenvalue weighted by atomic mass is 19.2. The average molecular weight is 300 g/mol. The van der Waals surface area contributed by atoms with Crippen LogP contribution in [0.15, 0.2) is 18.2 Å². The largest absolute Gasteiger partial charge is 0.386 e. The summed E-state index contributed by atoms with van der Waals surface area (Å²) in [5.74, 6) is -1.85. The van der Waals surface area contributed by atoms with Crippen LogP contribution in [0.3, 0.4) is 0 Å². The number of hydrogen-bond donors (Lipinski definition) is 1. The predicted molar refractivity (Wildman–Crippen MR) is 80.1 cm³/mol. The summed E-state index contributed by atoms with van der Waals surface area (Å²) in [5.41, 5.74) is 0.353. The second-order valence-electron chi connectivity index (χ2n) is 5.45. The lowest BCUT2D eigenvalue weighted by atomic mass is 9.98. The van der Waals surface area contributed by atoms with Gasteiger partial charge in [-0.3, -0.25) is 0 Å². The van der Waals surface area contributed by atoms with Crippen LogP contribution in [0.1, 0.15) is 63.5 Å². The predicted octanol–water partition coefficient (Wildman–Crippen LogP) is 4.76. The maximum atomic E-state index is 13.2. The van der Waals surface area contributed by atoms with Gasteiger partial charge < -0.3 is 9.84 Å². The molecule has 1 aromatic rings. The van der Waals surface area contributed by atoms with Crippen molar-refractivity contribution in [1.82, 2.24) is 0 Å². The van der Waals surface area contributed by atoms with E-state index in [-0.39, 0.29) is 6.10 Å². The van der Waals surface area contributed by atoms with E-state index < -0.39 is 17.7 Å². The van der Waals surface area contributed by atoms with Gasteiger partial charge in [0, 0.05) is 7.11 Å². The van der Waals surface area contributed by atoms with Crippen molar-refractivity contribution >= 4 is 0 Å². The van der Waals surface area contributed by atoms with Gasteiger partial charge in [0.15, 0.2) is 11.6 Å². The highest BCUT2D eigenvalue weighted by molar-refractivity contribution is 5.20. The number of aliphatic hydroxyl groups is 1. The van der Waals surface area contributed by atoms with Gasteiger partial charge in [0.1, 0.15) is 6.10 Å². The van der Waals surface area contributed by atoms with E-state index in [0.29, 0.717) is 12.0 Å². The zero-order valence-electron chi connectivity index (χ0n) is 12.9. The Balaban J connectivity index is 2.45. The summed E-state index contributed by atoms with van der Waals surface area (Å²) in [4.78, 5) is 0. The van der Waals surface area contributed by atoms with Crippen molar-refractivity contribution in [1.29, 1.82) is 0 Å². The smallest absolute Gasteiger partial charge is 0.159 e. The van der Waals surface area contributed by atoms with Crippen molar-refractivity contribution in [3.8, 4) is 0 Å². The molecule has 1 N–H and O–H groups in total. The van der Waals surface area contributed by atoms with E-state index in [4.69, 9.17) is 4.74 Å². The van der Waals surface area contributed by atoms with Crippen molar-refractivity contribution in [3.05, 3.63) is 35.4 Å². The summed E-state index contributed by atoms with van der Waals surface area (Å²) in [6, 6.07) is 3.47. The number of aliphatic hydroxyl groups excluding tert-OH is 1. The monoisotopic (exact) mass is 300 g/mol. The van der Waals surface area contributed by atoms with Crippen LogP contribution in [0.4, 0.5) is 8.78 Å². The molecular formula is C17H26F2O2. The third-order valence-corrected chi connectivity index (χ3v) is 3.78. The summed E-state index contributed by atoms with van der Waals surface area (Å²) in [6.45, 7) is 2.18. The third-order valence-electron chi connectivity index (χ3n) is 3.78. The molecule has 0 heterocycles. The Morgan fingerprint density at radius 2 is 1.71 bits per heavy atom. The molecule has 0 bridgehead atoms. The molecule has 120 valence electrons. The topological polar surface area (TPSA) is 29.5 Å². The summed E-state index contributed by atoms with van der Waals surface area (Å²) < 4.78 is 31.4. The minimum Gasteiger partial charge on any atom is -0.386 e. The summed E-state index contributed by atoms with van der Waals surface area (Å²) in [6.07, 6.45) is 6.35. The Morgan fingerprint density at radius 1 is 1.05 bits per heavy atom. The van der Waals surface area contributed by atoms with Gasteiger partial charge in [0.05, 0.1) is 6.10 Å². The highest BCUT2D eigenvalue weighted by Crippen LogP contribution is 2.24. The quantitative estimate of drug-likeness (QED) is 0.631. The minimum atomic E-state index is -0.944. The molecule has 0 aliphatic rings. The van der Waals surface area contributed by atoms with Crippen LogP contribution in [0.25, 0.3) is 0 Å². The van der Waals surface area contributed by atoms with Crippen LogP contribution >= 0.6 is 0 Å². The Bertz CT molecular complexity index is 410. The molecule has 0 fully saturated rings. The van der Waals surface area contributed by atoms with Gasteiger partial charge in [-0.15, -0.1) is 0 Å². The first-order valence-corrected chi connectivity index (χ1v) is 7.76. The van der Waals surface area contributed by atoms with Crippen LogP contribution < -0.4 is 0 Å². The molecule has 0 amide bonds. The van der Waals surface area contributed by atoms with Crippen LogP contribution in [-0.4, -0.2) is 18.3 Å². The lowest BCUT2D eigenvalue weighted by Crippen LogP contribution is -2.21. The highest BCUT2D eigenvalue weighted by Gasteiger charge is 2.21. The van der Waals surface area contributed by atoms with Crippen molar-refractivity contribution in [2.24, 2.45) is 0 Å². The first kappa shape index (κ1) is 18.1. The number of hydrogen-bond acceptors (Lipinski definition) is 2. The molecule has 1 rings (SSSR count). The lowest BCUT2D eigenvalue weighted by molar-refractivity contribution is -0.0191. The molecule has 0 radical (unpaired) electrons. The minimum absolute atomic E-state index is 0.353. The molecule has 0 aliphatic heterocycles. The fourth-order valence-electron chi connectivity index (χ4n) is 2.44. The van der Waals surface area contributed by atoms with E-state index in [2.05, 4.69) is 6.92 Å². The van der Waals surface area contributed by atoms with Gasteiger partial charge in [-0.25, -0.2) is 8.78 Å². The first-order chi connectivity index (χ1) is 10.1. The van der Waals surface area contributed by atoms with Gasteiger partial charge in [-0.05, 0) is 24.1 Å². The van der Waals surface area contributed by atoms with E-state index in [1.165, 1.54) is 38.9 Å². The Labute approximate surface area is 126 Å². The van der Waals surface area contributed by atoms with Gasteiger partial charge in [0.25, 0.3) is 0 Å². The van der Waals surface area contributed by atoms with E-state index in [9.17, 15) is 13.9 Å². The SMILES string of the molecule is CCCCCCCCC(OC)C(O)c1ccc(F)c(F)c1. The van der Waals surface area contributed by atoms with Gasteiger partial charge in [-0.1, -0.05) is 51.5 Å². The first-order valence-electron chi connectivity index (χ1n) is 7.76. The van der Waals surface area contributed by atoms with Gasteiger partial charge in [0.2, 0.25) is 0 Å². The van der Waals surface area contributed by atoms with Crippen LogP contribution in [0, 0.1) is 11.6 Å². The van der Waals surface area contributed by atoms with Crippen molar-refractivity contribution in [2.45, 2.75) is 64.1 Å². The normalized spacial score (nSPS) is 14.1. The Kier molecular flexibility index (Phi) is 8.47. The summed E-state index contributed by atoms with van der Waals surface area (Å²) >= 11 is 0. The average Bonchev–Trinajstić information content (AvgIpc) is 2.49. The molecule has 0 aliphatic carbocycles. The van der Waals surface area contributed by atoms with E-state index in [0.717, 1.165) is 25.0 Å². The summed E-state index contributed by atoms with van der Waals surface area (Å²) in [7, 11) is 1.53. The molecule has 0 saturated carbocycles. The second-order valence-corrected chi connectivity index (χ2v) is 5.45. The lowest BCUT2D eigenvalue weighted by Gasteiger charge is -2.22. The fourth-order valence-corrected chi connectivity index (χ4v) is 2.44. The maximum absolute atomic E-state index is 13.2. The number of ether oxygens (including phenoxy) is 1. The molecule has 1 aromatic carbocycles. The van der Waals surface area contributed by atoms with Gasteiger partial charge >= 0.3 is 0 Å². The Morgan fingerprint density at radius 3 is 2.33 bits per heavy atom. The molecule has 21 heavy (non-hydrogen) atoms. The maximum Gasteiger partial charge on any atom is 0.159 e. The van der Waals surface area contributed by atoms with Crippen molar-refractivity contribution in [3.63, 3.8) is 0 Å². The van der Waals surface area contributed by atoms with E-state index in [1.807, 2.05) is 0 Å². The number of benzene rings is 1. The molecule has 2 atom stereocenters. The summed E-state index contributed by atoms with van der Waals surface area (Å²) in [5, 5.41) is 10.2. The zero-order valence-corrected chi connectivity index (χ0v) is 12.9. The third kappa shape index (κ3) is 6.10. The zero-order chi connectivity index (χ0) is 15.7. The standard InChI is InChI=1S/C17H26F2O2/c1-3-4-5-6-7-8-9-16(21-2)17(20)13-10-11-14(18)15(19)12-13/h10-12,16-17,20H,3-9H2,1-2H3. The van der Waals surface area contributed by atoms with Crippen LogP contribution in [0.5, 0.6) is 0 Å². The Hall–Kier alpha value is -1.00. The molecule has 4 heteroatoms.